The minimum absolute atomic E-state index is 0.0727. The Kier molecular flexibility index (Phi) is 4.94. The number of alkyl halides is 1. The fourth-order valence-corrected chi connectivity index (χ4v) is 3.15. The van der Waals surface area contributed by atoms with Gasteiger partial charge in [-0.3, -0.25) is 0 Å². The maximum atomic E-state index is 12.8. The fraction of sp³-hybridized carbons (Fsp3) is 0.353. The topological polar surface area (TPSA) is 75.2 Å². The summed E-state index contributed by atoms with van der Waals surface area (Å²) in [7, 11) is 0. The van der Waals surface area contributed by atoms with Crippen LogP contribution in [-0.2, 0) is 16.1 Å². The molecule has 7 nitrogen and oxygen atoms in total. The summed E-state index contributed by atoms with van der Waals surface area (Å²) in [6, 6.07) is 7.83. The number of hydrogen-bond donors (Lipinski definition) is 0. The van der Waals surface area contributed by atoms with Gasteiger partial charge in [0.1, 0.15) is 0 Å². The SMILES string of the molecule is CCOC(=O)C1C=CC(c2ccccc2)n2c(=O)n(CCCl)c(=O)n21. The quantitative estimate of drug-likeness (QED) is 0.456. The first-order chi connectivity index (χ1) is 12.1. The Bertz CT molecular complexity index is 910. The van der Waals surface area contributed by atoms with Gasteiger partial charge in [0.2, 0.25) is 0 Å². The third kappa shape index (κ3) is 2.95. The van der Waals surface area contributed by atoms with Crippen molar-refractivity contribution in [1.82, 2.24) is 13.9 Å². The van der Waals surface area contributed by atoms with E-state index in [1.54, 1.807) is 19.1 Å². The zero-order chi connectivity index (χ0) is 18.0. The standard InChI is InChI=1S/C17H18ClN3O4/c1-2-25-15(22)14-9-8-13(12-6-4-3-5-7-12)20-16(23)19(11-10-18)17(24)21(14)20/h3-9,13-14H,2,10-11H2,1H3. The second kappa shape index (κ2) is 7.14. The summed E-state index contributed by atoms with van der Waals surface area (Å²) in [5.41, 5.74) is -0.243. The Morgan fingerprint density at radius 3 is 2.44 bits per heavy atom. The van der Waals surface area contributed by atoms with Gasteiger partial charge in [0.25, 0.3) is 0 Å². The Hall–Kier alpha value is -2.54. The first kappa shape index (κ1) is 17.3. The Labute approximate surface area is 148 Å². The Morgan fingerprint density at radius 2 is 1.80 bits per heavy atom. The first-order valence-corrected chi connectivity index (χ1v) is 8.53. The minimum atomic E-state index is -0.975. The summed E-state index contributed by atoms with van der Waals surface area (Å²) in [5, 5.41) is 0. The number of ether oxygens (including phenoxy) is 1. The molecule has 0 spiro atoms. The molecule has 0 saturated heterocycles. The van der Waals surface area contributed by atoms with E-state index in [0.29, 0.717) is 0 Å². The molecule has 2 atom stereocenters. The molecule has 1 aliphatic rings. The number of fused-ring (bicyclic) bond motifs is 1. The molecular weight excluding hydrogens is 346 g/mol. The highest BCUT2D eigenvalue weighted by Crippen LogP contribution is 2.25. The van der Waals surface area contributed by atoms with Gasteiger partial charge in [-0.05, 0) is 12.5 Å². The summed E-state index contributed by atoms with van der Waals surface area (Å²) in [6.07, 6.45) is 3.34. The van der Waals surface area contributed by atoms with Gasteiger partial charge in [-0.2, -0.15) is 0 Å². The van der Waals surface area contributed by atoms with E-state index in [4.69, 9.17) is 16.3 Å². The molecule has 0 radical (unpaired) electrons. The van der Waals surface area contributed by atoms with Crippen molar-refractivity contribution in [3.8, 4) is 0 Å². The summed E-state index contributed by atoms with van der Waals surface area (Å²) in [4.78, 5) is 37.8. The molecule has 0 fully saturated rings. The molecule has 2 unspecified atom stereocenters. The van der Waals surface area contributed by atoms with E-state index < -0.39 is 29.4 Å². The van der Waals surface area contributed by atoms with Gasteiger partial charge in [0, 0.05) is 12.4 Å². The lowest BCUT2D eigenvalue weighted by Crippen LogP contribution is -2.39. The van der Waals surface area contributed by atoms with E-state index in [0.717, 1.165) is 14.8 Å². The second-order valence-corrected chi connectivity index (χ2v) is 5.91. The maximum absolute atomic E-state index is 12.8. The lowest BCUT2D eigenvalue weighted by Gasteiger charge is -2.26. The van der Waals surface area contributed by atoms with Crippen LogP contribution >= 0.6 is 11.6 Å². The number of allylic oxidation sites excluding steroid dienone is 1. The van der Waals surface area contributed by atoms with Crippen molar-refractivity contribution >= 4 is 17.6 Å². The Morgan fingerprint density at radius 1 is 1.12 bits per heavy atom. The number of aromatic nitrogens is 3. The summed E-state index contributed by atoms with van der Waals surface area (Å²) in [6.45, 7) is 1.95. The predicted molar refractivity (Wildman–Crippen MR) is 93.1 cm³/mol. The number of esters is 1. The van der Waals surface area contributed by atoms with E-state index in [2.05, 4.69) is 0 Å². The molecule has 25 heavy (non-hydrogen) atoms. The van der Waals surface area contributed by atoms with Crippen molar-refractivity contribution < 1.29 is 9.53 Å². The van der Waals surface area contributed by atoms with Gasteiger partial charge >= 0.3 is 17.3 Å². The summed E-state index contributed by atoms with van der Waals surface area (Å²) in [5.74, 6) is -0.462. The van der Waals surface area contributed by atoms with Crippen LogP contribution in [0.3, 0.4) is 0 Å². The molecule has 8 heteroatoms. The number of nitrogens with zero attached hydrogens (tertiary/aromatic N) is 3. The lowest BCUT2D eigenvalue weighted by atomic mass is 10.0. The van der Waals surface area contributed by atoms with Crippen LogP contribution in [0.4, 0.5) is 0 Å². The molecule has 0 bridgehead atoms. The summed E-state index contributed by atoms with van der Waals surface area (Å²) < 4.78 is 8.54. The number of benzene rings is 1. The van der Waals surface area contributed by atoms with E-state index in [1.165, 1.54) is 4.68 Å². The molecule has 3 rings (SSSR count). The second-order valence-electron chi connectivity index (χ2n) is 5.53. The molecular formula is C17H18ClN3O4. The van der Waals surface area contributed by atoms with Crippen molar-refractivity contribution in [2.75, 3.05) is 12.5 Å². The molecule has 0 N–H and O–H groups in total. The zero-order valence-corrected chi connectivity index (χ0v) is 14.4. The van der Waals surface area contributed by atoms with E-state index >= 15 is 0 Å². The van der Waals surface area contributed by atoms with Crippen LogP contribution in [0.15, 0.2) is 52.1 Å². The highest BCUT2D eigenvalue weighted by atomic mass is 35.5. The lowest BCUT2D eigenvalue weighted by molar-refractivity contribution is -0.146. The van der Waals surface area contributed by atoms with Crippen molar-refractivity contribution in [2.45, 2.75) is 25.6 Å². The third-order valence-corrected chi connectivity index (χ3v) is 4.23. The predicted octanol–water partition coefficient (Wildman–Crippen LogP) is 1.31. The molecule has 1 aromatic carbocycles. The van der Waals surface area contributed by atoms with Crippen LogP contribution < -0.4 is 11.4 Å². The molecule has 0 aliphatic carbocycles. The van der Waals surface area contributed by atoms with Gasteiger partial charge < -0.3 is 4.74 Å². The van der Waals surface area contributed by atoms with Crippen molar-refractivity contribution in [3.05, 3.63) is 69.0 Å². The average molecular weight is 364 g/mol. The van der Waals surface area contributed by atoms with Gasteiger partial charge in [0.05, 0.1) is 12.6 Å². The van der Waals surface area contributed by atoms with E-state index in [9.17, 15) is 14.4 Å². The van der Waals surface area contributed by atoms with Gasteiger partial charge in [0.15, 0.2) is 6.04 Å². The highest BCUT2D eigenvalue weighted by molar-refractivity contribution is 6.17. The number of carbonyl (C=O) groups is 1. The largest absolute Gasteiger partial charge is 0.464 e. The normalized spacial score (nSPS) is 18.8. The smallest absolute Gasteiger partial charge is 0.348 e. The first-order valence-electron chi connectivity index (χ1n) is 7.99. The third-order valence-electron chi connectivity index (χ3n) is 4.07. The maximum Gasteiger partial charge on any atom is 0.348 e. The fourth-order valence-electron chi connectivity index (χ4n) is 2.98. The number of carbonyl (C=O) groups excluding carboxylic acids is 1. The van der Waals surface area contributed by atoms with Crippen molar-refractivity contribution in [3.63, 3.8) is 0 Å². The Balaban J connectivity index is 2.21. The highest BCUT2D eigenvalue weighted by Gasteiger charge is 2.33. The molecule has 2 heterocycles. The molecule has 132 valence electrons. The van der Waals surface area contributed by atoms with Gasteiger partial charge in [-0.15, -0.1) is 11.6 Å². The van der Waals surface area contributed by atoms with Crippen LogP contribution in [0.2, 0.25) is 0 Å². The van der Waals surface area contributed by atoms with Crippen LogP contribution in [0.25, 0.3) is 0 Å². The zero-order valence-electron chi connectivity index (χ0n) is 13.7. The number of hydrogen-bond acceptors (Lipinski definition) is 4. The van der Waals surface area contributed by atoms with Crippen LogP contribution in [0.5, 0.6) is 0 Å². The average Bonchev–Trinajstić information content (AvgIpc) is 2.88. The van der Waals surface area contributed by atoms with Gasteiger partial charge in [-0.1, -0.05) is 42.5 Å². The van der Waals surface area contributed by atoms with Crippen LogP contribution in [-0.4, -0.2) is 32.4 Å². The van der Waals surface area contributed by atoms with Crippen LogP contribution in [0, 0.1) is 0 Å². The monoisotopic (exact) mass is 363 g/mol. The number of rotatable bonds is 5. The van der Waals surface area contributed by atoms with E-state index in [-0.39, 0.29) is 19.0 Å². The van der Waals surface area contributed by atoms with Crippen molar-refractivity contribution in [2.24, 2.45) is 0 Å². The van der Waals surface area contributed by atoms with Crippen LogP contribution in [0.1, 0.15) is 24.6 Å². The molecule has 0 saturated carbocycles. The molecule has 1 aliphatic heterocycles. The van der Waals surface area contributed by atoms with E-state index in [1.807, 2.05) is 30.3 Å². The molecule has 2 aromatic rings. The minimum Gasteiger partial charge on any atom is -0.464 e. The number of halogens is 1. The van der Waals surface area contributed by atoms with Crippen molar-refractivity contribution in [1.29, 1.82) is 0 Å². The molecule has 0 amide bonds. The summed E-state index contributed by atoms with van der Waals surface area (Å²) >= 11 is 5.72. The molecule has 1 aromatic heterocycles. The van der Waals surface area contributed by atoms with Gasteiger partial charge in [-0.25, -0.2) is 28.3 Å².